The standard InChI is InChI=1S/C15H23N3O3S2/c1-4-21-11(19)7-5-6-8-22-14-12-13(16)17-15(20)18(12)9(2)10(3)23-14/h13H,4-8,16H2,1-3H3,(H,17,20). The third-order valence-corrected chi connectivity index (χ3v) is 6.19. The third-order valence-electron chi connectivity index (χ3n) is 3.63. The van der Waals surface area contributed by atoms with Gasteiger partial charge in [0.1, 0.15) is 6.17 Å². The Balaban J connectivity index is 1.90. The molecule has 2 rings (SSSR count). The summed E-state index contributed by atoms with van der Waals surface area (Å²) < 4.78 is 5.98. The van der Waals surface area contributed by atoms with Crippen LogP contribution in [0.15, 0.2) is 20.5 Å². The Morgan fingerprint density at radius 2 is 2.17 bits per heavy atom. The predicted octanol–water partition coefficient (Wildman–Crippen LogP) is 2.93. The molecular weight excluding hydrogens is 334 g/mol. The summed E-state index contributed by atoms with van der Waals surface area (Å²) in [5, 5.41) is 2.76. The van der Waals surface area contributed by atoms with Gasteiger partial charge in [-0.2, -0.15) is 0 Å². The normalized spacial score (nSPS) is 20.8. The van der Waals surface area contributed by atoms with E-state index < -0.39 is 6.17 Å². The Morgan fingerprint density at radius 3 is 2.87 bits per heavy atom. The lowest BCUT2D eigenvalue weighted by molar-refractivity contribution is -0.143. The molecule has 3 N–H and O–H groups in total. The molecule has 2 aliphatic heterocycles. The molecule has 6 nitrogen and oxygen atoms in total. The molecular formula is C15H23N3O3S2. The van der Waals surface area contributed by atoms with Crippen LogP contribution < -0.4 is 11.1 Å². The minimum atomic E-state index is -0.458. The summed E-state index contributed by atoms with van der Waals surface area (Å²) >= 11 is 3.36. The maximum absolute atomic E-state index is 12.0. The lowest BCUT2D eigenvalue weighted by Crippen LogP contribution is -2.33. The molecule has 1 unspecified atom stereocenters. The summed E-state index contributed by atoms with van der Waals surface area (Å²) in [6.45, 7) is 6.18. The quantitative estimate of drug-likeness (QED) is 0.538. The second kappa shape index (κ2) is 8.12. The molecule has 0 aromatic rings. The number of esters is 1. The number of rotatable bonds is 7. The highest BCUT2D eigenvalue weighted by molar-refractivity contribution is 8.24. The summed E-state index contributed by atoms with van der Waals surface area (Å²) in [4.78, 5) is 26.1. The van der Waals surface area contributed by atoms with E-state index in [4.69, 9.17) is 10.5 Å². The van der Waals surface area contributed by atoms with E-state index in [2.05, 4.69) is 5.32 Å². The van der Waals surface area contributed by atoms with Crippen LogP contribution in [0.4, 0.5) is 4.79 Å². The number of unbranched alkanes of at least 4 members (excludes halogenated alkanes) is 1. The molecule has 23 heavy (non-hydrogen) atoms. The van der Waals surface area contributed by atoms with Crippen LogP contribution in [0.2, 0.25) is 0 Å². The Hall–Kier alpha value is -1.12. The molecule has 0 saturated carbocycles. The number of hydrogen-bond donors (Lipinski definition) is 2. The molecule has 0 aromatic carbocycles. The van der Waals surface area contributed by atoms with Crippen LogP contribution in [0.5, 0.6) is 0 Å². The number of hydrogen-bond acceptors (Lipinski definition) is 6. The van der Waals surface area contributed by atoms with E-state index in [1.807, 2.05) is 20.8 Å². The first-order chi connectivity index (χ1) is 11.0. The summed E-state index contributed by atoms with van der Waals surface area (Å²) in [6.07, 6.45) is 1.72. The average Bonchev–Trinajstić information content (AvgIpc) is 2.79. The van der Waals surface area contributed by atoms with E-state index in [-0.39, 0.29) is 12.0 Å². The Labute approximate surface area is 145 Å². The van der Waals surface area contributed by atoms with Gasteiger partial charge >= 0.3 is 12.0 Å². The van der Waals surface area contributed by atoms with Crippen molar-refractivity contribution in [1.29, 1.82) is 0 Å². The molecule has 1 fully saturated rings. The summed E-state index contributed by atoms with van der Waals surface area (Å²) in [5.41, 5.74) is 7.82. The minimum absolute atomic E-state index is 0.139. The molecule has 2 amide bonds. The zero-order valence-corrected chi connectivity index (χ0v) is 15.3. The molecule has 1 saturated heterocycles. The van der Waals surface area contributed by atoms with E-state index in [1.165, 1.54) is 0 Å². The second-order valence-corrected chi connectivity index (χ2v) is 7.88. The van der Waals surface area contributed by atoms with Crippen molar-refractivity contribution in [2.45, 2.75) is 46.2 Å². The smallest absolute Gasteiger partial charge is 0.327 e. The highest BCUT2D eigenvalue weighted by Gasteiger charge is 2.39. The Kier molecular flexibility index (Phi) is 6.43. The second-order valence-electron chi connectivity index (χ2n) is 5.29. The Bertz CT molecular complexity index is 560. The first-order valence-electron chi connectivity index (χ1n) is 7.69. The fraction of sp³-hybridized carbons (Fsp3) is 0.600. The van der Waals surface area contributed by atoms with Crippen molar-refractivity contribution in [3.8, 4) is 0 Å². The number of allylic oxidation sites excluding steroid dienone is 2. The van der Waals surface area contributed by atoms with Gasteiger partial charge in [-0.25, -0.2) is 4.79 Å². The lowest BCUT2D eigenvalue weighted by Gasteiger charge is -2.27. The zero-order chi connectivity index (χ0) is 17.0. The molecule has 0 bridgehead atoms. The van der Waals surface area contributed by atoms with Gasteiger partial charge in [0, 0.05) is 17.0 Å². The van der Waals surface area contributed by atoms with Crippen LogP contribution in [0.25, 0.3) is 0 Å². The van der Waals surface area contributed by atoms with Gasteiger partial charge < -0.3 is 15.8 Å². The van der Waals surface area contributed by atoms with Gasteiger partial charge in [-0.1, -0.05) is 11.8 Å². The number of nitrogens with two attached hydrogens (primary N) is 1. The average molecular weight is 358 g/mol. The van der Waals surface area contributed by atoms with Crippen LogP contribution in [-0.4, -0.2) is 35.4 Å². The number of thioether (sulfide) groups is 2. The molecule has 128 valence electrons. The van der Waals surface area contributed by atoms with E-state index in [0.717, 1.165) is 39.1 Å². The van der Waals surface area contributed by atoms with E-state index >= 15 is 0 Å². The number of nitrogens with one attached hydrogen (secondary N) is 1. The summed E-state index contributed by atoms with van der Waals surface area (Å²) in [5.74, 6) is 0.742. The van der Waals surface area contributed by atoms with Gasteiger partial charge in [0.25, 0.3) is 0 Å². The van der Waals surface area contributed by atoms with Gasteiger partial charge in [0.05, 0.1) is 16.5 Å². The van der Waals surface area contributed by atoms with Gasteiger partial charge in [-0.3, -0.25) is 9.69 Å². The molecule has 2 heterocycles. The summed E-state index contributed by atoms with van der Waals surface area (Å²) in [7, 11) is 0. The first kappa shape index (κ1) is 18.2. The topological polar surface area (TPSA) is 84.7 Å². The molecule has 0 spiro atoms. The van der Waals surface area contributed by atoms with Gasteiger partial charge in [0.2, 0.25) is 0 Å². The molecule has 8 heteroatoms. The van der Waals surface area contributed by atoms with Crippen LogP contribution >= 0.6 is 23.5 Å². The molecule has 2 aliphatic rings. The fourth-order valence-corrected chi connectivity index (χ4v) is 4.96. The van der Waals surface area contributed by atoms with Crippen LogP contribution in [0.3, 0.4) is 0 Å². The number of urea groups is 1. The van der Waals surface area contributed by atoms with Gasteiger partial charge in [0.15, 0.2) is 0 Å². The zero-order valence-electron chi connectivity index (χ0n) is 13.7. The van der Waals surface area contributed by atoms with Gasteiger partial charge in [-0.15, -0.1) is 11.8 Å². The highest BCUT2D eigenvalue weighted by Crippen LogP contribution is 2.46. The van der Waals surface area contributed by atoms with Crippen molar-refractivity contribution < 1.29 is 14.3 Å². The summed E-state index contributed by atoms with van der Waals surface area (Å²) in [6, 6.07) is -0.162. The van der Waals surface area contributed by atoms with Crippen LogP contribution in [-0.2, 0) is 9.53 Å². The molecule has 0 aromatic heterocycles. The maximum Gasteiger partial charge on any atom is 0.327 e. The highest BCUT2D eigenvalue weighted by atomic mass is 32.2. The van der Waals surface area contributed by atoms with Crippen molar-refractivity contribution in [3.05, 3.63) is 20.5 Å². The largest absolute Gasteiger partial charge is 0.466 e. The number of nitrogens with zero attached hydrogens (tertiary/aromatic N) is 1. The maximum atomic E-state index is 12.0. The van der Waals surface area contributed by atoms with Crippen molar-refractivity contribution in [2.75, 3.05) is 12.4 Å². The van der Waals surface area contributed by atoms with Crippen molar-refractivity contribution in [3.63, 3.8) is 0 Å². The number of carbonyl (C=O) groups is 2. The van der Waals surface area contributed by atoms with Gasteiger partial charge in [-0.05, 0) is 39.4 Å². The van der Waals surface area contributed by atoms with Crippen molar-refractivity contribution in [2.24, 2.45) is 5.73 Å². The van der Waals surface area contributed by atoms with E-state index in [0.29, 0.717) is 13.0 Å². The number of amides is 2. The van der Waals surface area contributed by atoms with Crippen molar-refractivity contribution in [1.82, 2.24) is 10.2 Å². The number of carbonyl (C=O) groups excluding carboxylic acids is 2. The molecule has 0 aliphatic carbocycles. The SMILES string of the molecule is CCOC(=O)CCCCSC1=C2C(N)NC(=O)N2C(C)=C(C)S1. The number of fused-ring (bicyclic) bond motifs is 1. The minimum Gasteiger partial charge on any atom is -0.466 e. The fourth-order valence-electron chi connectivity index (χ4n) is 2.36. The van der Waals surface area contributed by atoms with Crippen molar-refractivity contribution >= 4 is 35.5 Å². The van der Waals surface area contributed by atoms with Crippen LogP contribution in [0.1, 0.15) is 40.0 Å². The third kappa shape index (κ3) is 4.24. The molecule has 1 atom stereocenters. The predicted molar refractivity (Wildman–Crippen MR) is 94.3 cm³/mol. The lowest BCUT2D eigenvalue weighted by atomic mass is 10.2. The van der Waals surface area contributed by atoms with E-state index in [1.54, 1.807) is 28.4 Å². The Morgan fingerprint density at radius 1 is 1.43 bits per heavy atom. The number of ether oxygens (including phenoxy) is 1. The monoisotopic (exact) mass is 357 g/mol. The van der Waals surface area contributed by atoms with E-state index in [9.17, 15) is 9.59 Å². The van der Waals surface area contributed by atoms with Crippen LogP contribution in [0, 0.1) is 0 Å². The molecule has 0 radical (unpaired) electrons. The first-order valence-corrected chi connectivity index (χ1v) is 9.50.